The van der Waals surface area contributed by atoms with Crippen LogP contribution in [-0.2, 0) is 6.42 Å². The van der Waals surface area contributed by atoms with Crippen LogP contribution in [0.4, 0.5) is 13.2 Å². The number of hydrogen-bond donors (Lipinski definition) is 2. The van der Waals surface area contributed by atoms with Crippen LogP contribution < -0.4 is 4.74 Å². The summed E-state index contributed by atoms with van der Waals surface area (Å²) in [4.78, 5) is 0. The Morgan fingerprint density at radius 2 is 1.89 bits per heavy atom. The second-order valence-corrected chi connectivity index (χ2v) is 4.00. The molecule has 0 saturated heterocycles. The van der Waals surface area contributed by atoms with Crippen LogP contribution in [0.5, 0.6) is 5.75 Å². The topological polar surface area (TPSA) is 49.7 Å². The molecule has 0 fully saturated rings. The van der Waals surface area contributed by atoms with Crippen LogP contribution in [0.15, 0.2) is 24.3 Å². The molecule has 0 spiro atoms. The van der Waals surface area contributed by atoms with Crippen LogP contribution in [0.25, 0.3) is 0 Å². The highest BCUT2D eigenvalue weighted by atomic mass is 19.4. The molecule has 6 heteroatoms. The molecular weight excluding hydrogens is 249 g/mol. The largest absolute Gasteiger partial charge is 0.488 e. The maximum Gasteiger partial charge on any atom is 0.446 e. The Kier molecular flexibility index (Phi) is 4.59. The van der Waals surface area contributed by atoms with Gasteiger partial charge < -0.3 is 14.9 Å². The van der Waals surface area contributed by atoms with Crippen molar-refractivity contribution in [1.29, 1.82) is 0 Å². The number of rotatable bonds is 5. The monoisotopic (exact) mass is 264 g/mol. The van der Waals surface area contributed by atoms with Crippen LogP contribution in [0.1, 0.15) is 18.9 Å². The van der Waals surface area contributed by atoms with E-state index in [0.29, 0.717) is 0 Å². The van der Waals surface area contributed by atoms with Crippen LogP contribution in [0, 0.1) is 0 Å². The van der Waals surface area contributed by atoms with Crippen molar-refractivity contribution in [2.75, 3.05) is 6.61 Å². The molecule has 0 atom stereocenters. The average Bonchev–Trinajstić information content (AvgIpc) is 2.26. The second kappa shape index (κ2) is 5.58. The maximum absolute atomic E-state index is 12.2. The van der Waals surface area contributed by atoms with Crippen molar-refractivity contribution in [3.05, 3.63) is 29.8 Å². The third kappa shape index (κ3) is 3.89. The van der Waals surface area contributed by atoms with Gasteiger partial charge in [0.25, 0.3) is 5.79 Å². The van der Waals surface area contributed by atoms with E-state index in [9.17, 15) is 13.2 Å². The van der Waals surface area contributed by atoms with Crippen molar-refractivity contribution in [1.82, 2.24) is 0 Å². The molecule has 0 aliphatic carbocycles. The van der Waals surface area contributed by atoms with Crippen molar-refractivity contribution >= 4 is 0 Å². The van der Waals surface area contributed by atoms with Crippen molar-refractivity contribution in [3.63, 3.8) is 0 Å². The lowest BCUT2D eigenvalue weighted by atomic mass is 10.1. The van der Waals surface area contributed by atoms with Gasteiger partial charge in [-0.2, -0.15) is 13.2 Å². The zero-order valence-corrected chi connectivity index (χ0v) is 9.87. The van der Waals surface area contributed by atoms with E-state index in [1.807, 2.05) is 13.0 Å². The number of aliphatic hydroxyl groups is 2. The van der Waals surface area contributed by atoms with Crippen molar-refractivity contribution < 1.29 is 28.1 Å². The predicted molar refractivity (Wildman–Crippen MR) is 59.2 cm³/mol. The Balaban J connectivity index is 2.66. The first-order valence-electron chi connectivity index (χ1n) is 5.49. The molecule has 0 heterocycles. The Bertz CT molecular complexity index is 388. The van der Waals surface area contributed by atoms with Gasteiger partial charge in [-0.25, -0.2) is 0 Å². The minimum Gasteiger partial charge on any atom is -0.488 e. The Hall–Kier alpha value is -1.27. The van der Waals surface area contributed by atoms with E-state index >= 15 is 0 Å². The number of alkyl halides is 3. The number of ether oxygens (including phenoxy) is 1. The molecular formula is C12H15F3O3. The highest BCUT2D eigenvalue weighted by molar-refractivity contribution is 5.28. The van der Waals surface area contributed by atoms with Gasteiger partial charge in [-0.3, -0.25) is 0 Å². The summed E-state index contributed by atoms with van der Waals surface area (Å²) in [6.45, 7) is 0.718. The molecule has 1 aromatic rings. The molecule has 1 aromatic carbocycles. The summed E-state index contributed by atoms with van der Waals surface area (Å²) in [6, 6.07) is 6.51. The summed E-state index contributed by atoms with van der Waals surface area (Å²) >= 11 is 0. The highest BCUT2D eigenvalue weighted by Gasteiger charge is 2.53. The second-order valence-electron chi connectivity index (χ2n) is 4.00. The fraction of sp³-hybridized carbons (Fsp3) is 0.500. The van der Waals surface area contributed by atoms with Gasteiger partial charge in [-0.05, 0) is 24.1 Å². The number of halogens is 3. The van der Waals surface area contributed by atoms with E-state index in [1.54, 1.807) is 12.1 Å². The molecule has 0 unspecified atom stereocenters. The molecule has 2 N–H and O–H groups in total. The van der Waals surface area contributed by atoms with Crippen LogP contribution in [0.3, 0.4) is 0 Å². The van der Waals surface area contributed by atoms with Crippen molar-refractivity contribution in [3.8, 4) is 5.75 Å². The van der Waals surface area contributed by atoms with Gasteiger partial charge in [-0.1, -0.05) is 25.5 Å². The van der Waals surface area contributed by atoms with E-state index < -0.39 is 18.6 Å². The summed E-state index contributed by atoms with van der Waals surface area (Å²) in [7, 11) is 0. The summed E-state index contributed by atoms with van der Waals surface area (Å²) < 4.78 is 41.2. The summed E-state index contributed by atoms with van der Waals surface area (Å²) in [5, 5.41) is 17.6. The maximum atomic E-state index is 12.2. The third-order valence-corrected chi connectivity index (χ3v) is 2.33. The lowest BCUT2D eigenvalue weighted by Gasteiger charge is -2.24. The molecule has 0 aromatic heterocycles. The van der Waals surface area contributed by atoms with E-state index in [1.165, 1.54) is 6.07 Å². The SMILES string of the molecule is CCCc1cccc(OCC(O)(O)C(F)(F)F)c1. The molecule has 102 valence electrons. The Morgan fingerprint density at radius 3 is 2.44 bits per heavy atom. The van der Waals surface area contributed by atoms with Gasteiger partial charge in [0, 0.05) is 0 Å². The fourth-order valence-corrected chi connectivity index (χ4v) is 1.35. The minimum absolute atomic E-state index is 0.178. The molecule has 0 radical (unpaired) electrons. The molecule has 0 saturated carbocycles. The Morgan fingerprint density at radius 1 is 1.22 bits per heavy atom. The summed E-state index contributed by atoms with van der Waals surface area (Å²) in [5.41, 5.74) is 0.920. The van der Waals surface area contributed by atoms with E-state index in [2.05, 4.69) is 0 Å². The molecule has 0 bridgehead atoms. The van der Waals surface area contributed by atoms with E-state index in [0.717, 1.165) is 18.4 Å². The molecule has 1 rings (SSSR count). The summed E-state index contributed by atoms with van der Waals surface area (Å²) in [5.74, 6) is -3.66. The third-order valence-electron chi connectivity index (χ3n) is 2.33. The van der Waals surface area contributed by atoms with Crippen LogP contribution in [-0.4, -0.2) is 28.8 Å². The molecule has 0 aliphatic heterocycles. The lowest BCUT2D eigenvalue weighted by molar-refractivity contribution is -0.355. The van der Waals surface area contributed by atoms with Gasteiger partial charge >= 0.3 is 6.18 Å². The van der Waals surface area contributed by atoms with Gasteiger partial charge in [0.1, 0.15) is 5.75 Å². The highest BCUT2D eigenvalue weighted by Crippen LogP contribution is 2.28. The standard InChI is InChI=1S/C12H15F3O3/c1-2-4-9-5-3-6-10(7-9)18-8-11(16,17)12(13,14)15/h3,5-7,16-17H,2,4,8H2,1H3. The number of benzene rings is 1. The van der Waals surface area contributed by atoms with Crippen molar-refractivity contribution in [2.45, 2.75) is 31.7 Å². The molecule has 0 aliphatic rings. The molecule has 3 nitrogen and oxygen atoms in total. The molecule has 0 amide bonds. The lowest BCUT2D eigenvalue weighted by Crippen LogP contribution is -2.49. The first-order chi connectivity index (χ1) is 8.26. The normalized spacial score (nSPS) is 12.6. The predicted octanol–water partition coefficient (Wildman–Crippen LogP) is 2.26. The zero-order valence-electron chi connectivity index (χ0n) is 9.87. The first kappa shape index (κ1) is 14.8. The van der Waals surface area contributed by atoms with Crippen LogP contribution >= 0.6 is 0 Å². The zero-order chi connectivity index (χ0) is 13.8. The van der Waals surface area contributed by atoms with E-state index in [4.69, 9.17) is 14.9 Å². The number of aryl methyl sites for hydroxylation is 1. The Labute approximate surface area is 103 Å². The van der Waals surface area contributed by atoms with Gasteiger partial charge in [-0.15, -0.1) is 0 Å². The van der Waals surface area contributed by atoms with Gasteiger partial charge in [0.15, 0.2) is 6.61 Å². The van der Waals surface area contributed by atoms with Crippen molar-refractivity contribution in [2.24, 2.45) is 0 Å². The minimum atomic E-state index is -5.14. The van der Waals surface area contributed by atoms with Gasteiger partial charge in [0.2, 0.25) is 0 Å². The molecule has 18 heavy (non-hydrogen) atoms. The average molecular weight is 264 g/mol. The number of hydrogen-bond acceptors (Lipinski definition) is 3. The fourth-order valence-electron chi connectivity index (χ4n) is 1.35. The smallest absolute Gasteiger partial charge is 0.446 e. The van der Waals surface area contributed by atoms with Gasteiger partial charge in [0.05, 0.1) is 0 Å². The quantitative estimate of drug-likeness (QED) is 0.802. The first-order valence-corrected chi connectivity index (χ1v) is 5.49. The van der Waals surface area contributed by atoms with E-state index in [-0.39, 0.29) is 5.75 Å². The van der Waals surface area contributed by atoms with Crippen LogP contribution in [0.2, 0.25) is 0 Å². The summed E-state index contributed by atoms with van der Waals surface area (Å²) in [6.07, 6.45) is -3.47.